The first kappa shape index (κ1) is 64.6. The summed E-state index contributed by atoms with van der Waals surface area (Å²) in [5.41, 5.74) is -2.03. The molecule has 8 saturated carbocycles. The van der Waals surface area contributed by atoms with E-state index < -0.39 is 92.2 Å². The molecule has 0 aromatic heterocycles. The van der Waals surface area contributed by atoms with Crippen molar-refractivity contribution in [3.05, 3.63) is 153 Å². The maximum Gasteiger partial charge on any atom is 0.240 e. The molecule has 0 radical (unpaired) electrons. The van der Waals surface area contributed by atoms with Gasteiger partial charge in [0.2, 0.25) is 5.79 Å². The number of allylic oxidation sites excluding steroid dienone is 7. The summed E-state index contributed by atoms with van der Waals surface area (Å²) in [7, 11) is 2.95. The summed E-state index contributed by atoms with van der Waals surface area (Å²) in [5, 5.41) is 109. The zero-order valence-electron chi connectivity index (χ0n) is 56.6. The maximum absolute atomic E-state index is 17.1. The average molecular weight is 1380 g/mol. The molecule has 0 amide bonds. The molecule has 0 unspecified atom stereocenters. The minimum absolute atomic E-state index is 0.0122. The van der Waals surface area contributed by atoms with Gasteiger partial charge in [0, 0.05) is 46.9 Å². The van der Waals surface area contributed by atoms with E-state index in [-0.39, 0.29) is 94.3 Å². The van der Waals surface area contributed by atoms with Crippen LogP contribution in [0.5, 0.6) is 11.5 Å². The fourth-order valence-electron chi connectivity index (χ4n) is 27.7. The van der Waals surface area contributed by atoms with Gasteiger partial charge in [0.15, 0.2) is 17.7 Å². The first-order valence-electron chi connectivity index (χ1n) is 37.8. The van der Waals surface area contributed by atoms with Crippen molar-refractivity contribution >= 4 is 39.4 Å². The van der Waals surface area contributed by atoms with Crippen molar-refractivity contribution in [3.63, 3.8) is 0 Å². The Morgan fingerprint density at radius 1 is 0.758 bits per heavy atom. The summed E-state index contributed by atoms with van der Waals surface area (Å²) in [6, 6.07) is 20.3. The Labute approximate surface area is 587 Å². The van der Waals surface area contributed by atoms with Gasteiger partial charge in [-0.25, -0.2) is 0 Å². The van der Waals surface area contributed by atoms with Gasteiger partial charge in [-0.3, -0.25) is 9.59 Å². The number of fused-ring (bicyclic) bond motifs is 2. The SMILES string of the molecule is O=C[C@H]1C[C@]2(CC[C@]3(C[C@@H](Cc4cccc(O)c4)CC34CCCC4)C2)C[C@@]12C[C@@H]1C[C@H]3C[C@@H]4[C@@H]5[C@]1(C2)C1=C3CNC(=C1)NCSS[C@@H]1CC[C@@]2(O)CCCC[C@@H]2/C=C\C2=C(Cc3cccc(CO)c3)C=C(O)[C@]13C(=O)c1c(cccc1C(=O)[C@@H]23)O[C@]12CC[C@@H]4[C@](CO)(O1)[C@@H](O)[C@]5(O)[C@H]2O. The molecule has 10 fully saturated rings. The molecule has 15 nitrogen and oxygen atoms in total. The van der Waals surface area contributed by atoms with Crippen molar-refractivity contribution in [2.75, 3.05) is 19.0 Å². The van der Waals surface area contributed by atoms with Gasteiger partial charge < -0.3 is 65.8 Å². The second kappa shape index (κ2) is 22.4. The second-order valence-corrected chi connectivity index (χ2v) is 37.6. The van der Waals surface area contributed by atoms with E-state index in [9.17, 15) is 45.6 Å². The van der Waals surface area contributed by atoms with Gasteiger partial charge in [-0.1, -0.05) is 108 Å². The topological polar surface area (TPSA) is 256 Å². The lowest BCUT2D eigenvalue weighted by Crippen LogP contribution is -2.88. The van der Waals surface area contributed by atoms with Gasteiger partial charge >= 0.3 is 0 Å². The number of aromatic hydroxyl groups is 1. The number of ketones is 2. The Morgan fingerprint density at radius 2 is 1.57 bits per heavy atom. The van der Waals surface area contributed by atoms with Crippen LogP contribution in [0.25, 0.3) is 0 Å². The van der Waals surface area contributed by atoms with Crippen molar-refractivity contribution in [1.29, 1.82) is 0 Å². The quantitative estimate of drug-likeness (QED) is 0.0779. The Morgan fingerprint density at radius 3 is 2.39 bits per heavy atom. The minimum atomic E-state index is -2.40. The molecule has 524 valence electrons. The lowest BCUT2D eigenvalue weighted by atomic mass is 9.42. The van der Waals surface area contributed by atoms with Crippen molar-refractivity contribution in [3.8, 4) is 11.5 Å². The highest BCUT2D eigenvalue weighted by Gasteiger charge is 2.85. The van der Waals surface area contributed by atoms with Gasteiger partial charge in [0.1, 0.15) is 46.3 Å². The third-order valence-corrected chi connectivity index (χ3v) is 33.7. The average Bonchev–Trinajstić information content (AvgIpc) is 1.60. The van der Waals surface area contributed by atoms with E-state index in [2.05, 4.69) is 22.8 Å². The summed E-state index contributed by atoms with van der Waals surface area (Å²) < 4.78 is 14.7. The van der Waals surface area contributed by atoms with Crippen LogP contribution in [0.3, 0.4) is 0 Å². The largest absolute Gasteiger partial charge is 0.511 e. The Balaban J connectivity index is 0.754. The van der Waals surface area contributed by atoms with Gasteiger partial charge in [0.05, 0.1) is 42.0 Å². The molecule has 17 aliphatic rings. The van der Waals surface area contributed by atoms with E-state index >= 15 is 9.59 Å². The molecule has 99 heavy (non-hydrogen) atoms. The number of carbonyl (C=O) groups excluding carboxylic acids is 3. The molecule has 13 aliphatic carbocycles. The van der Waals surface area contributed by atoms with Gasteiger partial charge in [-0.15, -0.1) is 0 Å². The number of rotatable bonds is 7. The number of aldehydes is 1. The van der Waals surface area contributed by atoms with E-state index in [1.807, 2.05) is 48.6 Å². The maximum atomic E-state index is 17.1. The monoisotopic (exact) mass is 1380 g/mol. The van der Waals surface area contributed by atoms with E-state index in [4.69, 9.17) is 9.47 Å². The summed E-state index contributed by atoms with van der Waals surface area (Å²) >= 11 is 0. The number of dihydropyridines is 1. The van der Waals surface area contributed by atoms with Crippen LogP contribution in [0.2, 0.25) is 0 Å². The fraction of sp³-hybridized carbons (Fsp3) is 0.622. The smallest absolute Gasteiger partial charge is 0.240 e. The molecule has 20 rings (SSSR count). The van der Waals surface area contributed by atoms with Crippen LogP contribution in [0.1, 0.15) is 185 Å². The number of nitrogens with one attached hydrogen (secondary N) is 2. The lowest BCUT2D eigenvalue weighted by Gasteiger charge is -2.72. The number of benzene rings is 3. The minimum Gasteiger partial charge on any atom is -0.511 e. The molecule has 4 aliphatic heterocycles. The van der Waals surface area contributed by atoms with Crippen molar-refractivity contribution in [1.82, 2.24) is 10.6 Å². The molecule has 4 heterocycles. The molecule has 21 atom stereocenters. The molecule has 3 aromatic carbocycles. The summed E-state index contributed by atoms with van der Waals surface area (Å²) in [6.45, 7) is -0.354. The predicted octanol–water partition coefficient (Wildman–Crippen LogP) is 11.9. The highest BCUT2D eigenvalue weighted by Crippen LogP contribution is 2.83. The van der Waals surface area contributed by atoms with Crippen molar-refractivity contribution in [2.24, 2.45) is 85.8 Å². The van der Waals surface area contributed by atoms with Crippen LogP contribution >= 0.6 is 21.6 Å². The van der Waals surface area contributed by atoms with Crippen LogP contribution in [0, 0.1) is 85.8 Å². The van der Waals surface area contributed by atoms with Gasteiger partial charge in [-0.05, 0) is 249 Å². The number of carbonyl (C=O) groups is 3. The number of phenols is 1. The molecule has 11 bridgehead atoms. The summed E-state index contributed by atoms with van der Waals surface area (Å²) in [6.07, 6.45) is 25.8. The van der Waals surface area contributed by atoms with Crippen molar-refractivity contribution in [2.45, 2.75) is 207 Å². The number of hydrogen-bond donors (Lipinski definition) is 10. The zero-order valence-corrected chi connectivity index (χ0v) is 58.2. The predicted molar refractivity (Wildman–Crippen MR) is 374 cm³/mol. The van der Waals surface area contributed by atoms with Crippen LogP contribution in [0.15, 0.2) is 125 Å². The normalized spacial score (nSPS) is 45.7. The standard InChI is InChI=1S/C82H96N2O13S2/c85-39-48-10-5-8-46(26-48)28-50-32-63(89)81-64-18-22-77(94)21-2-1-11-52(77)15-16-56(50)67(81)68(90)57-13-7-14-62(66(57)70(81)91)96-80-23-17-60-58-31-51-30-53-37-74(41-73(36-54(74)40-86)24-25-76(42-73)35-49(34-75(76)19-3-4-20-75)27-47-9-6-12-55(88)29-47)43-78(53,61-33-65(83-38-59(51)61)84-45-98-99-64)69(58)82(95,72(80)93)71(92)79(60,44-87)97-80/h5-10,12-16,26,29,32-33,40,49,51-54,58,60,64,67,69,71-72,83-85,87-89,92-95H,1-4,11,17-25,27-28,30-31,34-39,41-45H2/b16-15-/t49-,51-,52+,53-,54+,58-,60-,64+,67+,69+,71+,72-,73+,74+,76-,77-,78-,79-,80+,81-,82-/m0/s1. The number of aliphatic hydroxyl groups excluding tert-OH is 5. The van der Waals surface area contributed by atoms with E-state index in [1.165, 1.54) is 71.1 Å². The highest BCUT2D eigenvalue weighted by molar-refractivity contribution is 8.76. The molecule has 2 saturated heterocycles. The number of ether oxygens (including phenoxy) is 2. The lowest BCUT2D eigenvalue weighted by molar-refractivity contribution is -0.461. The molecule has 3 aromatic rings. The first-order chi connectivity index (χ1) is 47.8. The van der Waals surface area contributed by atoms with E-state index in [0.717, 1.165) is 94.0 Å². The van der Waals surface area contributed by atoms with Gasteiger partial charge in [-0.2, -0.15) is 0 Å². The summed E-state index contributed by atoms with van der Waals surface area (Å²) in [5.74, 6) is -4.99. The zero-order chi connectivity index (χ0) is 67.7. The molecular weight excluding hydrogens is 1290 g/mol. The third-order valence-electron chi connectivity index (χ3n) is 31.0. The number of aliphatic hydroxyl groups is 7. The van der Waals surface area contributed by atoms with Crippen LogP contribution < -0.4 is 15.4 Å². The third kappa shape index (κ3) is 8.68. The second-order valence-electron chi connectivity index (χ2n) is 35.0. The molecule has 17 heteroatoms. The van der Waals surface area contributed by atoms with E-state index in [0.29, 0.717) is 72.9 Å². The van der Waals surface area contributed by atoms with E-state index in [1.54, 1.807) is 30.3 Å². The highest BCUT2D eigenvalue weighted by atomic mass is 33.1. The first-order valence-corrected chi connectivity index (χ1v) is 40.1. The number of Topliss-reactive ketones (excluding diaryl/α,β-unsaturated/α-hetero) is 2. The fourth-order valence-corrected chi connectivity index (χ4v) is 30.5. The Kier molecular flexibility index (Phi) is 14.6. The number of phenolic OH excluding ortho intramolecular Hbond substituents is 1. The van der Waals surface area contributed by atoms with Crippen LogP contribution in [-0.2, 0) is 29.0 Å². The Hall–Kier alpha value is -5.21. The molecule has 10 N–H and O–H groups in total. The summed E-state index contributed by atoms with van der Waals surface area (Å²) in [4.78, 5) is 48.2. The van der Waals surface area contributed by atoms with Crippen LogP contribution in [0.4, 0.5) is 0 Å². The van der Waals surface area contributed by atoms with Crippen LogP contribution in [-0.4, -0.2) is 118 Å². The number of hydrogen-bond acceptors (Lipinski definition) is 17. The molecular formula is C82H96N2O13S2. The Bertz CT molecular complexity index is 4100. The van der Waals surface area contributed by atoms with Gasteiger partial charge in [0.25, 0.3) is 0 Å². The van der Waals surface area contributed by atoms with Crippen molar-refractivity contribution < 1.29 is 64.7 Å². The molecule has 7 spiro atoms.